The number of methoxy groups -OCH3 is 1. The van der Waals surface area contributed by atoms with Crippen molar-refractivity contribution in [1.82, 2.24) is 10.6 Å². The third kappa shape index (κ3) is 13.9. The molecule has 8 nitrogen and oxygen atoms in total. The number of amides is 2. The van der Waals surface area contributed by atoms with Gasteiger partial charge in [-0.3, -0.25) is 4.79 Å². The summed E-state index contributed by atoms with van der Waals surface area (Å²) in [4.78, 5) is 36.7. The van der Waals surface area contributed by atoms with Crippen LogP contribution < -0.4 is 15.4 Å². The second-order valence-corrected chi connectivity index (χ2v) is 11.3. The Morgan fingerprint density at radius 3 is 2.06 bits per heavy atom. The molecule has 1 aromatic carbocycles. The molecule has 1 aromatic rings. The number of benzene rings is 1. The highest BCUT2D eigenvalue weighted by molar-refractivity contribution is 8.13. The van der Waals surface area contributed by atoms with Crippen molar-refractivity contribution in [3.63, 3.8) is 0 Å². The summed E-state index contributed by atoms with van der Waals surface area (Å²) in [5.74, 6) is 2.19. The van der Waals surface area contributed by atoms with Crippen LogP contribution in [0.2, 0.25) is 0 Å². The van der Waals surface area contributed by atoms with E-state index in [0.29, 0.717) is 17.3 Å². The predicted molar refractivity (Wildman–Crippen MR) is 134 cm³/mol. The Hall–Kier alpha value is -2.07. The summed E-state index contributed by atoms with van der Waals surface area (Å²) in [6, 6.07) is 6.95. The molecule has 0 aliphatic carbocycles. The van der Waals surface area contributed by atoms with E-state index >= 15 is 0 Å². The van der Waals surface area contributed by atoms with Crippen molar-refractivity contribution < 1.29 is 28.6 Å². The maximum atomic E-state index is 12.8. The van der Waals surface area contributed by atoms with E-state index in [1.807, 2.05) is 24.3 Å². The van der Waals surface area contributed by atoms with E-state index in [-0.39, 0.29) is 11.7 Å². The zero-order chi connectivity index (χ0) is 25.1. The zero-order valence-corrected chi connectivity index (χ0v) is 22.1. The molecule has 0 saturated carbocycles. The van der Waals surface area contributed by atoms with Gasteiger partial charge in [-0.25, -0.2) is 9.59 Å². The van der Waals surface area contributed by atoms with Crippen molar-refractivity contribution in [3.8, 4) is 5.75 Å². The van der Waals surface area contributed by atoms with Gasteiger partial charge in [-0.15, -0.1) is 0 Å². The van der Waals surface area contributed by atoms with Crippen LogP contribution >= 0.6 is 23.5 Å². The first-order valence-corrected chi connectivity index (χ1v) is 12.8. The molecular formula is C23H36N2O6S2. The van der Waals surface area contributed by atoms with E-state index < -0.39 is 29.4 Å². The molecule has 0 bridgehead atoms. The molecule has 186 valence electrons. The fourth-order valence-corrected chi connectivity index (χ4v) is 4.22. The van der Waals surface area contributed by atoms with Gasteiger partial charge in [0, 0.05) is 23.8 Å². The maximum absolute atomic E-state index is 12.8. The molecule has 0 aromatic heterocycles. The Balaban J connectivity index is 2.59. The van der Waals surface area contributed by atoms with Gasteiger partial charge in [0.1, 0.15) is 23.0 Å². The minimum Gasteiger partial charge on any atom is -0.497 e. The molecule has 0 aliphatic rings. The fourth-order valence-electron chi connectivity index (χ4n) is 2.35. The Morgan fingerprint density at radius 2 is 1.52 bits per heavy atom. The summed E-state index contributed by atoms with van der Waals surface area (Å²) in [5, 5.41) is 5.09. The summed E-state index contributed by atoms with van der Waals surface area (Å²) in [6.07, 6.45) is -1.17. The lowest BCUT2D eigenvalue weighted by atomic mass is 10.2. The lowest BCUT2D eigenvalue weighted by molar-refractivity contribution is -0.112. The van der Waals surface area contributed by atoms with Gasteiger partial charge in [0.2, 0.25) is 5.12 Å². The molecule has 33 heavy (non-hydrogen) atoms. The Kier molecular flexibility index (Phi) is 11.9. The lowest BCUT2D eigenvalue weighted by Crippen LogP contribution is -2.44. The van der Waals surface area contributed by atoms with Gasteiger partial charge < -0.3 is 24.8 Å². The van der Waals surface area contributed by atoms with Crippen LogP contribution in [-0.4, -0.2) is 59.7 Å². The van der Waals surface area contributed by atoms with E-state index in [1.54, 1.807) is 48.7 Å². The van der Waals surface area contributed by atoms with Gasteiger partial charge >= 0.3 is 12.2 Å². The van der Waals surface area contributed by atoms with Gasteiger partial charge in [-0.2, -0.15) is 11.8 Å². The third-order valence-electron chi connectivity index (χ3n) is 3.70. The van der Waals surface area contributed by atoms with Crippen LogP contribution in [0.25, 0.3) is 0 Å². The first kappa shape index (κ1) is 29.0. The van der Waals surface area contributed by atoms with E-state index in [1.165, 1.54) is 11.8 Å². The average molecular weight is 501 g/mol. The van der Waals surface area contributed by atoms with Gasteiger partial charge in [0.25, 0.3) is 0 Å². The quantitative estimate of drug-likeness (QED) is 0.449. The highest BCUT2D eigenvalue weighted by Crippen LogP contribution is 2.19. The second kappa shape index (κ2) is 13.6. The molecule has 10 heteroatoms. The van der Waals surface area contributed by atoms with E-state index in [9.17, 15) is 14.4 Å². The Labute approximate surface area is 205 Å². The number of hydrogen-bond acceptors (Lipinski definition) is 8. The van der Waals surface area contributed by atoms with E-state index in [0.717, 1.165) is 23.1 Å². The largest absolute Gasteiger partial charge is 0.497 e. The second-order valence-electron chi connectivity index (χ2n) is 9.16. The first-order chi connectivity index (χ1) is 15.3. The third-order valence-corrected chi connectivity index (χ3v) is 5.79. The number of carbonyl (C=O) groups excluding carboxylic acids is 3. The molecule has 0 aliphatic heterocycles. The van der Waals surface area contributed by atoms with Gasteiger partial charge in [0.05, 0.1) is 7.11 Å². The molecule has 2 N–H and O–H groups in total. The summed E-state index contributed by atoms with van der Waals surface area (Å²) >= 11 is 2.58. The number of carbonyl (C=O) groups is 3. The highest BCUT2D eigenvalue weighted by Gasteiger charge is 2.25. The lowest BCUT2D eigenvalue weighted by Gasteiger charge is -2.23. The summed E-state index contributed by atoms with van der Waals surface area (Å²) < 4.78 is 15.6. The molecule has 0 fully saturated rings. The van der Waals surface area contributed by atoms with Crippen molar-refractivity contribution in [2.24, 2.45) is 0 Å². The predicted octanol–water partition coefficient (Wildman–Crippen LogP) is 4.61. The number of ether oxygens (including phenoxy) is 3. The fraction of sp³-hybridized carbons (Fsp3) is 0.609. The van der Waals surface area contributed by atoms with Gasteiger partial charge in [-0.05, 0) is 59.2 Å². The average Bonchev–Trinajstić information content (AvgIpc) is 2.68. The van der Waals surface area contributed by atoms with Crippen LogP contribution in [0.15, 0.2) is 24.3 Å². The van der Waals surface area contributed by atoms with Crippen molar-refractivity contribution in [3.05, 3.63) is 29.8 Å². The van der Waals surface area contributed by atoms with Crippen molar-refractivity contribution in [2.45, 2.75) is 64.5 Å². The number of hydrogen-bond donors (Lipinski definition) is 2. The molecule has 0 saturated heterocycles. The summed E-state index contributed by atoms with van der Waals surface area (Å²) in [7, 11) is 1.61. The molecule has 1 atom stereocenters. The highest BCUT2D eigenvalue weighted by atomic mass is 32.2. The molecule has 0 spiro atoms. The standard InChI is InChI=1S/C23H36N2O6S2/c1-22(2,3)30-20(27)24-12-13-33-19(26)18(25-21(28)31-23(4,5)6)15-32-14-16-8-10-17(29-7)11-9-16/h8-11,18H,12-15H2,1-7H3,(H,24,27)(H,25,28)/t18-/m0/s1. The zero-order valence-electron chi connectivity index (χ0n) is 20.5. The molecular weight excluding hydrogens is 464 g/mol. The van der Waals surface area contributed by atoms with Crippen LogP contribution in [0.1, 0.15) is 47.1 Å². The monoisotopic (exact) mass is 500 g/mol. The Morgan fingerprint density at radius 1 is 0.939 bits per heavy atom. The van der Waals surface area contributed by atoms with Crippen LogP contribution in [0.4, 0.5) is 9.59 Å². The SMILES string of the molecule is COc1ccc(CSC[C@H](NC(=O)OC(C)(C)C)C(=O)SCCNC(=O)OC(C)(C)C)cc1. The van der Waals surface area contributed by atoms with Crippen molar-refractivity contribution in [2.75, 3.05) is 25.2 Å². The van der Waals surface area contributed by atoms with E-state index in [4.69, 9.17) is 14.2 Å². The van der Waals surface area contributed by atoms with Gasteiger partial charge in [-0.1, -0.05) is 23.9 Å². The molecule has 2 amide bonds. The summed E-state index contributed by atoms with van der Waals surface area (Å²) in [5.41, 5.74) is -0.173. The van der Waals surface area contributed by atoms with Crippen LogP contribution in [0.5, 0.6) is 5.75 Å². The minimum atomic E-state index is -0.727. The topological polar surface area (TPSA) is 103 Å². The first-order valence-electron chi connectivity index (χ1n) is 10.6. The molecule has 0 heterocycles. The van der Waals surface area contributed by atoms with E-state index in [2.05, 4.69) is 10.6 Å². The van der Waals surface area contributed by atoms with Crippen molar-refractivity contribution in [1.29, 1.82) is 0 Å². The molecule has 0 radical (unpaired) electrons. The summed E-state index contributed by atoms with van der Waals surface area (Å²) in [6.45, 7) is 10.9. The number of nitrogens with one attached hydrogen (secondary N) is 2. The molecule has 0 unspecified atom stereocenters. The maximum Gasteiger partial charge on any atom is 0.408 e. The normalized spacial score (nSPS) is 12.5. The minimum absolute atomic E-state index is 0.200. The number of alkyl carbamates (subject to hydrolysis) is 2. The van der Waals surface area contributed by atoms with Crippen LogP contribution in [0, 0.1) is 0 Å². The van der Waals surface area contributed by atoms with Crippen molar-refractivity contribution >= 4 is 40.8 Å². The number of rotatable bonds is 10. The van der Waals surface area contributed by atoms with Gasteiger partial charge in [0.15, 0.2) is 0 Å². The van der Waals surface area contributed by atoms with Crippen LogP contribution in [-0.2, 0) is 20.0 Å². The number of thioether (sulfide) groups is 2. The molecule has 1 rings (SSSR count). The van der Waals surface area contributed by atoms with Crippen LogP contribution in [0.3, 0.4) is 0 Å². The smallest absolute Gasteiger partial charge is 0.408 e. The Bertz CT molecular complexity index is 773.